The maximum Gasteiger partial charge on any atom is 0.409 e. The summed E-state index contributed by atoms with van der Waals surface area (Å²) in [6.07, 6.45) is 8.43. The summed E-state index contributed by atoms with van der Waals surface area (Å²) in [4.78, 5) is 26.4. The number of anilines is 1. The van der Waals surface area contributed by atoms with E-state index >= 15 is 0 Å². The molecule has 1 N–H and O–H groups in total. The Morgan fingerprint density at radius 1 is 1.15 bits per heavy atom. The third kappa shape index (κ3) is 5.64. The van der Waals surface area contributed by atoms with Crippen molar-refractivity contribution < 1.29 is 19.1 Å². The first-order valence-corrected chi connectivity index (χ1v) is 12.9. The summed E-state index contributed by atoms with van der Waals surface area (Å²) < 4.78 is 10.5. The number of nitrogens with zero attached hydrogens (tertiary/aromatic N) is 1. The van der Waals surface area contributed by atoms with Crippen LogP contribution < -0.4 is 5.32 Å². The lowest BCUT2D eigenvalue weighted by Gasteiger charge is -2.39. The van der Waals surface area contributed by atoms with E-state index in [9.17, 15) is 9.59 Å². The fourth-order valence-electron chi connectivity index (χ4n) is 5.73. The maximum atomic E-state index is 12.3. The average Bonchev–Trinajstić information content (AvgIpc) is 3.68. The molecule has 0 spiro atoms. The Morgan fingerprint density at radius 2 is 1.91 bits per heavy atom. The van der Waals surface area contributed by atoms with Gasteiger partial charge in [-0.3, -0.25) is 4.79 Å². The Bertz CT molecular complexity index is 829. The summed E-state index contributed by atoms with van der Waals surface area (Å²) in [5, 5.41) is 3.84. The van der Waals surface area contributed by atoms with Gasteiger partial charge in [-0.2, -0.15) is 0 Å². The topological polar surface area (TPSA) is 67.9 Å². The molecule has 33 heavy (non-hydrogen) atoms. The number of unbranched alkanes of at least 4 members (excludes halogenated alkanes) is 1. The van der Waals surface area contributed by atoms with E-state index in [0.717, 1.165) is 51.6 Å². The molecule has 182 valence electrons. The quantitative estimate of drug-likeness (QED) is 0.421. The lowest BCUT2D eigenvalue weighted by Crippen LogP contribution is -2.44. The van der Waals surface area contributed by atoms with Crippen molar-refractivity contribution in [2.75, 3.05) is 32.1 Å². The van der Waals surface area contributed by atoms with Gasteiger partial charge in [0.15, 0.2) is 0 Å². The number of fused-ring (bicyclic) bond motifs is 1. The van der Waals surface area contributed by atoms with E-state index in [2.05, 4.69) is 30.4 Å². The molecule has 1 unspecified atom stereocenters. The summed E-state index contributed by atoms with van der Waals surface area (Å²) in [7, 11) is 1.48. The Kier molecular flexibility index (Phi) is 7.82. The van der Waals surface area contributed by atoms with Gasteiger partial charge in [-0.05, 0) is 79.9 Å². The second-order valence-electron chi connectivity index (χ2n) is 10.2. The minimum atomic E-state index is -0.153. The number of piperidine rings is 1. The largest absolute Gasteiger partial charge is 0.469 e. The number of rotatable bonds is 8. The Morgan fingerprint density at radius 3 is 2.58 bits per heavy atom. The number of likely N-dealkylation sites (tertiary alicyclic amines) is 1. The van der Waals surface area contributed by atoms with Crippen LogP contribution in [0.3, 0.4) is 0 Å². The van der Waals surface area contributed by atoms with E-state index in [1.807, 2.05) is 11.8 Å². The molecule has 6 heteroatoms. The summed E-state index contributed by atoms with van der Waals surface area (Å²) in [5.41, 5.74) is 3.85. The zero-order chi connectivity index (χ0) is 23.4. The van der Waals surface area contributed by atoms with Crippen LogP contribution in [-0.2, 0) is 20.7 Å². The molecule has 1 aromatic carbocycles. The van der Waals surface area contributed by atoms with Crippen molar-refractivity contribution in [2.45, 2.75) is 77.2 Å². The number of hydrogen-bond donors (Lipinski definition) is 1. The molecule has 0 bridgehead atoms. The van der Waals surface area contributed by atoms with E-state index in [0.29, 0.717) is 24.5 Å². The van der Waals surface area contributed by atoms with Crippen molar-refractivity contribution in [3.05, 3.63) is 29.3 Å². The lowest BCUT2D eigenvalue weighted by atomic mass is 9.80. The molecule has 4 rings (SSSR count). The van der Waals surface area contributed by atoms with Gasteiger partial charge in [-0.15, -0.1) is 0 Å². The average molecular weight is 457 g/mol. The fourth-order valence-corrected chi connectivity index (χ4v) is 5.73. The van der Waals surface area contributed by atoms with Gasteiger partial charge in [-0.1, -0.05) is 32.4 Å². The van der Waals surface area contributed by atoms with Crippen molar-refractivity contribution in [3.63, 3.8) is 0 Å². The van der Waals surface area contributed by atoms with Crippen molar-refractivity contribution in [2.24, 2.45) is 17.8 Å². The van der Waals surface area contributed by atoms with Gasteiger partial charge in [0, 0.05) is 24.8 Å². The van der Waals surface area contributed by atoms with E-state index in [1.165, 1.54) is 36.8 Å². The standard InChI is InChI=1S/C27H40N2O4/c1-4-5-16-33-27(31)29-14-12-20(13-15-29)23-11-10-19-6-9-22(17-24(19)28-23)25(21-7-8-21)18(2)26(30)32-3/h6,9,17-18,20-21,23,25,28H,4-5,7-8,10-16H2,1-3H3/t18-,23?,25-/m0/s1. The van der Waals surface area contributed by atoms with Crippen molar-refractivity contribution in [1.82, 2.24) is 4.90 Å². The highest BCUT2D eigenvalue weighted by Gasteiger charge is 2.39. The molecule has 0 radical (unpaired) electrons. The number of methoxy groups -OCH3 is 1. The van der Waals surface area contributed by atoms with Crippen molar-refractivity contribution in [3.8, 4) is 0 Å². The Hall–Kier alpha value is -2.24. The van der Waals surface area contributed by atoms with Gasteiger partial charge in [0.05, 0.1) is 19.6 Å². The third-order valence-electron chi connectivity index (χ3n) is 7.92. The smallest absolute Gasteiger partial charge is 0.409 e. The molecule has 1 aromatic rings. The van der Waals surface area contributed by atoms with Gasteiger partial charge in [0.1, 0.15) is 0 Å². The molecule has 2 aliphatic heterocycles. The number of ether oxygens (including phenoxy) is 2. The van der Waals surface area contributed by atoms with Gasteiger partial charge in [0.2, 0.25) is 0 Å². The van der Waals surface area contributed by atoms with Crippen LogP contribution >= 0.6 is 0 Å². The lowest BCUT2D eigenvalue weighted by molar-refractivity contribution is -0.145. The summed E-state index contributed by atoms with van der Waals surface area (Å²) in [6, 6.07) is 7.21. The molecule has 2 heterocycles. The fraction of sp³-hybridized carbons (Fsp3) is 0.704. The SMILES string of the molecule is CCCCOC(=O)N1CCC(C2CCc3ccc([C@H](C4CC4)[C@H](C)C(=O)OC)cc3N2)CC1. The molecule has 2 fully saturated rings. The first-order valence-electron chi connectivity index (χ1n) is 12.9. The molecule has 3 aliphatic rings. The summed E-state index contributed by atoms with van der Waals surface area (Å²) >= 11 is 0. The second-order valence-corrected chi connectivity index (χ2v) is 10.2. The summed E-state index contributed by atoms with van der Waals surface area (Å²) in [5.74, 6) is 1.14. The van der Waals surface area contributed by atoms with E-state index in [4.69, 9.17) is 9.47 Å². The van der Waals surface area contributed by atoms with Crippen LogP contribution in [0.4, 0.5) is 10.5 Å². The minimum Gasteiger partial charge on any atom is -0.469 e. The zero-order valence-corrected chi connectivity index (χ0v) is 20.5. The predicted molar refractivity (Wildman–Crippen MR) is 129 cm³/mol. The highest BCUT2D eigenvalue weighted by atomic mass is 16.6. The Labute approximate surface area is 198 Å². The van der Waals surface area contributed by atoms with Crippen molar-refractivity contribution in [1.29, 1.82) is 0 Å². The number of esters is 1. The molecular weight excluding hydrogens is 416 g/mol. The monoisotopic (exact) mass is 456 g/mol. The first kappa shape index (κ1) is 23.9. The van der Waals surface area contributed by atoms with Crippen LogP contribution in [0.2, 0.25) is 0 Å². The molecule has 3 atom stereocenters. The van der Waals surface area contributed by atoms with Gasteiger partial charge in [0.25, 0.3) is 0 Å². The number of nitrogens with one attached hydrogen (secondary N) is 1. The second kappa shape index (κ2) is 10.8. The Balaban J connectivity index is 1.37. The molecule has 0 aromatic heterocycles. The van der Waals surface area contributed by atoms with E-state index in [1.54, 1.807) is 0 Å². The van der Waals surface area contributed by atoms with Gasteiger partial charge in [-0.25, -0.2) is 4.79 Å². The summed E-state index contributed by atoms with van der Waals surface area (Å²) in [6.45, 7) is 6.19. The molecule has 6 nitrogen and oxygen atoms in total. The number of benzene rings is 1. The molecule has 1 amide bonds. The van der Waals surface area contributed by atoms with Crippen LogP contribution in [0.5, 0.6) is 0 Å². The maximum absolute atomic E-state index is 12.3. The molecule has 1 aliphatic carbocycles. The molecule has 1 saturated heterocycles. The van der Waals surface area contributed by atoms with Crippen LogP contribution in [0.15, 0.2) is 18.2 Å². The van der Waals surface area contributed by atoms with Crippen LogP contribution in [0.1, 0.15) is 75.8 Å². The number of aryl methyl sites for hydroxylation is 1. The number of carbonyl (C=O) groups is 2. The first-order chi connectivity index (χ1) is 16.0. The number of hydrogen-bond acceptors (Lipinski definition) is 5. The van der Waals surface area contributed by atoms with Crippen LogP contribution in [0.25, 0.3) is 0 Å². The predicted octanol–water partition coefficient (Wildman–Crippen LogP) is 5.36. The van der Waals surface area contributed by atoms with Gasteiger partial charge < -0.3 is 19.7 Å². The zero-order valence-electron chi connectivity index (χ0n) is 20.5. The van der Waals surface area contributed by atoms with E-state index in [-0.39, 0.29) is 23.9 Å². The minimum absolute atomic E-state index is 0.115. The van der Waals surface area contributed by atoms with Crippen LogP contribution in [0, 0.1) is 17.8 Å². The van der Waals surface area contributed by atoms with E-state index < -0.39 is 0 Å². The van der Waals surface area contributed by atoms with Crippen molar-refractivity contribution >= 4 is 17.7 Å². The van der Waals surface area contributed by atoms with Gasteiger partial charge >= 0.3 is 12.1 Å². The number of amides is 1. The molecular formula is C27H40N2O4. The molecule has 1 saturated carbocycles. The van der Waals surface area contributed by atoms with Crippen LogP contribution in [-0.4, -0.2) is 49.8 Å². The highest BCUT2D eigenvalue weighted by molar-refractivity contribution is 5.73. The number of carbonyl (C=O) groups excluding carboxylic acids is 2. The third-order valence-corrected chi connectivity index (χ3v) is 7.92. The normalized spacial score (nSPS) is 22.6. The highest BCUT2D eigenvalue weighted by Crippen LogP contribution is 2.48.